The van der Waals surface area contributed by atoms with Crippen molar-refractivity contribution in [3.63, 3.8) is 0 Å². The third kappa shape index (κ3) is 5.58. The van der Waals surface area contributed by atoms with Crippen molar-refractivity contribution < 1.29 is 32.3 Å². The number of rotatable bonds is 5. The average Bonchev–Trinajstić information content (AvgIpc) is 3.79. The van der Waals surface area contributed by atoms with E-state index in [0.29, 0.717) is 50.5 Å². The molecule has 0 N–H and O–H groups in total. The number of carbonyl (C=O) groups is 1. The van der Waals surface area contributed by atoms with E-state index in [0.717, 1.165) is 42.5 Å². The number of anilines is 1. The second-order valence-electron chi connectivity index (χ2n) is 10.5. The van der Waals surface area contributed by atoms with Gasteiger partial charge in [-0.2, -0.15) is 22.8 Å². The topological polar surface area (TPSA) is 66.9 Å². The minimum absolute atomic E-state index is 0.0719. The van der Waals surface area contributed by atoms with Gasteiger partial charge >= 0.3 is 18.4 Å². The molecule has 2 aromatic carbocycles. The molecule has 0 radical (unpaired) electrons. The van der Waals surface area contributed by atoms with Crippen LogP contribution in [0.1, 0.15) is 72.6 Å². The molecule has 2 aliphatic carbocycles. The van der Waals surface area contributed by atoms with E-state index in [2.05, 4.69) is 4.90 Å². The average molecular weight is 515 g/mol. The van der Waals surface area contributed by atoms with E-state index in [1.54, 1.807) is 4.90 Å². The summed E-state index contributed by atoms with van der Waals surface area (Å²) in [6, 6.07) is 12.8. The summed E-state index contributed by atoms with van der Waals surface area (Å²) in [7, 11) is 0. The number of likely N-dealkylation sites (tertiary alicyclic amines) is 1. The van der Waals surface area contributed by atoms with Crippen LogP contribution in [0.25, 0.3) is 0 Å². The lowest BCUT2D eigenvalue weighted by Crippen LogP contribution is -2.46. The third-order valence-electron chi connectivity index (χ3n) is 7.85. The van der Waals surface area contributed by atoms with E-state index in [1.165, 1.54) is 6.07 Å². The Morgan fingerprint density at radius 3 is 2.11 bits per heavy atom. The van der Waals surface area contributed by atoms with Gasteiger partial charge in [0.05, 0.1) is 12.1 Å². The van der Waals surface area contributed by atoms with Gasteiger partial charge in [-0.3, -0.25) is 9.80 Å². The number of piperidine rings is 1. The number of halogens is 3. The van der Waals surface area contributed by atoms with Crippen molar-refractivity contribution in [1.29, 1.82) is 0 Å². The van der Waals surface area contributed by atoms with Crippen LogP contribution in [0.4, 0.5) is 23.7 Å². The van der Waals surface area contributed by atoms with Gasteiger partial charge in [-0.1, -0.05) is 24.3 Å². The number of nitrogens with zero attached hydrogens (tertiary/aromatic N) is 2. The normalized spacial score (nSPS) is 21.3. The molecule has 2 aromatic rings. The third-order valence-corrected chi connectivity index (χ3v) is 7.85. The van der Waals surface area contributed by atoms with Gasteiger partial charge in [-0.15, -0.1) is 0 Å². The Kier molecular flexibility index (Phi) is 6.86. The fourth-order valence-corrected chi connectivity index (χ4v) is 5.62. The molecule has 1 spiro atoms. The molecule has 37 heavy (non-hydrogen) atoms. The summed E-state index contributed by atoms with van der Waals surface area (Å²) in [6.45, 7) is 2.44. The molecule has 1 amide bonds. The molecule has 196 valence electrons. The summed E-state index contributed by atoms with van der Waals surface area (Å²) >= 11 is 0. The van der Waals surface area contributed by atoms with Crippen LogP contribution in [0.15, 0.2) is 42.5 Å². The Morgan fingerprint density at radius 1 is 0.946 bits per heavy atom. The molecule has 0 unspecified atom stereocenters. The molecule has 2 saturated carbocycles. The Balaban J connectivity index is 0.000000892. The molecular formula is C28H29F3N2O4. The SMILES string of the molecule is O=C1OC2(CCN(Cc3cc(C(F)(F)F)c(C4CC4)cc3C3CC3)CC2)CN1c1ccccc1.O=C=O. The van der Waals surface area contributed by atoms with Gasteiger partial charge in [0, 0.05) is 38.2 Å². The highest BCUT2D eigenvalue weighted by Gasteiger charge is 2.47. The smallest absolute Gasteiger partial charge is 0.416 e. The monoisotopic (exact) mass is 514 g/mol. The van der Waals surface area contributed by atoms with E-state index >= 15 is 0 Å². The maximum absolute atomic E-state index is 13.9. The minimum atomic E-state index is -4.32. The summed E-state index contributed by atoms with van der Waals surface area (Å²) in [6.07, 6.45) is 0.841. The van der Waals surface area contributed by atoms with Crippen molar-refractivity contribution in [2.24, 2.45) is 0 Å². The van der Waals surface area contributed by atoms with E-state index in [-0.39, 0.29) is 18.2 Å². The molecule has 0 bridgehead atoms. The quantitative estimate of drug-likeness (QED) is 0.500. The number of ether oxygens (including phenoxy) is 1. The molecule has 2 saturated heterocycles. The van der Waals surface area contributed by atoms with Gasteiger partial charge in [0.2, 0.25) is 0 Å². The molecule has 2 heterocycles. The molecule has 9 heteroatoms. The van der Waals surface area contributed by atoms with Gasteiger partial charge in [0.15, 0.2) is 0 Å². The van der Waals surface area contributed by atoms with Crippen molar-refractivity contribution in [3.05, 3.63) is 64.7 Å². The number of carbonyl (C=O) groups excluding carboxylic acids is 3. The highest BCUT2D eigenvalue weighted by molar-refractivity contribution is 5.90. The van der Waals surface area contributed by atoms with Gasteiger partial charge in [0.1, 0.15) is 5.60 Å². The van der Waals surface area contributed by atoms with E-state index in [1.807, 2.05) is 36.4 Å². The molecule has 0 aromatic heterocycles. The van der Waals surface area contributed by atoms with E-state index < -0.39 is 17.3 Å². The van der Waals surface area contributed by atoms with Crippen LogP contribution in [0.5, 0.6) is 0 Å². The molecule has 2 aliphatic heterocycles. The number of hydrogen-bond donors (Lipinski definition) is 0. The second-order valence-corrected chi connectivity index (χ2v) is 10.5. The van der Waals surface area contributed by atoms with Crippen molar-refractivity contribution in [2.45, 2.75) is 68.7 Å². The zero-order valence-electron chi connectivity index (χ0n) is 20.4. The Hall–Kier alpha value is -3.16. The van der Waals surface area contributed by atoms with Crippen molar-refractivity contribution >= 4 is 17.9 Å². The lowest BCUT2D eigenvalue weighted by molar-refractivity contribution is -0.191. The zero-order valence-corrected chi connectivity index (χ0v) is 20.4. The highest BCUT2D eigenvalue weighted by atomic mass is 19.4. The van der Waals surface area contributed by atoms with Crippen molar-refractivity contribution in [1.82, 2.24) is 4.90 Å². The summed E-state index contributed by atoms with van der Waals surface area (Å²) in [5, 5.41) is 0. The maximum Gasteiger partial charge on any atom is 0.416 e. The molecule has 4 aliphatic rings. The first-order valence-corrected chi connectivity index (χ1v) is 12.7. The Morgan fingerprint density at radius 2 is 1.54 bits per heavy atom. The predicted molar refractivity (Wildman–Crippen MR) is 128 cm³/mol. The molecule has 0 atom stereocenters. The number of benzene rings is 2. The second kappa shape index (κ2) is 9.95. The van der Waals surface area contributed by atoms with Crippen LogP contribution < -0.4 is 4.90 Å². The lowest BCUT2D eigenvalue weighted by Gasteiger charge is -2.37. The molecule has 6 rings (SSSR count). The van der Waals surface area contributed by atoms with E-state index in [9.17, 15) is 18.0 Å². The van der Waals surface area contributed by atoms with Gasteiger partial charge in [0.25, 0.3) is 0 Å². The first-order valence-electron chi connectivity index (χ1n) is 12.7. The van der Waals surface area contributed by atoms with Gasteiger partial charge in [-0.05, 0) is 72.4 Å². The van der Waals surface area contributed by atoms with Crippen LogP contribution in [-0.4, -0.2) is 42.4 Å². The van der Waals surface area contributed by atoms with E-state index in [4.69, 9.17) is 14.3 Å². The Labute approximate surface area is 213 Å². The van der Waals surface area contributed by atoms with Crippen molar-refractivity contribution in [3.8, 4) is 0 Å². The standard InChI is InChI=1S/C27H29F3N2O2.CO2/c28-27(29,30)24-14-20(22(18-6-7-18)15-23(24)19-8-9-19)16-31-12-10-26(11-13-31)17-32(25(33)34-26)21-4-2-1-3-5-21;2-1-3/h1-5,14-15,18-19H,6-13,16-17H2;. The molecular weight excluding hydrogens is 485 g/mol. The first kappa shape index (κ1) is 25.5. The van der Waals surface area contributed by atoms with Gasteiger partial charge in [-0.25, -0.2) is 4.79 Å². The predicted octanol–water partition coefficient (Wildman–Crippen LogP) is 5.87. The van der Waals surface area contributed by atoms with Crippen LogP contribution in [-0.2, 0) is 27.0 Å². The lowest BCUT2D eigenvalue weighted by atomic mass is 9.89. The summed E-state index contributed by atoms with van der Waals surface area (Å²) < 4.78 is 47.5. The summed E-state index contributed by atoms with van der Waals surface area (Å²) in [4.78, 5) is 32.7. The van der Waals surface area contributed by atoms with Gasteiger partial charge < -0.3 is 4.74 Å². The Bertz CT molecular complexity index is 1180. The van der Waals surface area contributed by atoms with Crippen LogP contribution >= 0.6 is 0 Å². The number of amides is 1. The molecule has 4 fully saturated rings. The van der Waals surface area contributed by atoms with Crippen LogP contribution in [0.3, 0.4) is 0 Å². The minimum Gasteiger partial charge on any atom is -0.441 e. The summed E-state index contributed by atoms with van der Waals surface area (Å²) in [5.41, 5.74) is 2.33. The van der Waals surface area contributed by atoms with Crippen LogP contribution in [0.2, 0.25) is 0 Å². The maximum atomic E-state index is 13.9. The number of alkyl halides is 3. The number of hydrogen-bond acceptors (Lipinski definition) is 5. The molecule has 6 nitrogen and oxygen atoms in total. The zero-order chi connectivity index (χ0) is 26.2. The largest absolute Gasteiger partial charge is 0.441 e. The number of para-hydroxylation sites is 1. The fourth-order valence-electron chi connectivity index (χ4n) is 5.62. The van der Waals surface area contributed by atoms with Crippen molar-refractivity contribution in [2.75, 3.05) is 24.5 Å². The summed E-state index contributed by atoms with van der Waals surface area (Å²) in [5.74, 6) is 0.476. The highest BCUT2D eigenvalue weighted by Crippen LogP contribution is 2.50. The van der Waals surface area contributed by atoms with Crippen LogP contribution in [0, 0.1) is 0 Å². The fraction of sp³-hybridized carbons (Fsp3) is 0.500. The first-order chi connectivity index (χ1) is 17.7.